The van der Waals surface area contributed by atoms with Crippen LogP contribution < -0.4 is 5.32 Å². The second-order valence-electron chi connectivity index (χ2n) is 9.23. The van der Waals surface area contributed by atoms with Gasteiger partial charge in [-0.15, -0.1) is 0 Å². The largest absolute Gasteiger partial charge is 0.481 e. The van der Waals surface area contributed by atoms with Crippen molar-refractivity contribution in [2.75, 3.05) is 13.2 Å². The molecule has 0 radical (unpaired) electrons. The lowest BCUT2D eigenvalue weighted by Crippen LogP contribution is -2.37. The van der Waals surface area contributed by atoms with Crippen LogP contribution in [-0.4, -0.2) is 39.5 Å². The lowest BCUT2D eigenvalue weighted by molar-refractivity contribution is -0.137. The number of rotatable bonds is 11. The summed E-state index contributed by atoms with van der Waals surface area (Å²) >= 11 is 0. The third kappa shape index (κ3) is 6.27. The van der Waals surface area contributed by atoms with Gasteiger partial charge in [-0.3, -0.25) is 4.79 Å². The van der Waals surface area contributed by atoms with Gasteiger partial charge < -0.3 is 20.1 Å². The Balaban J connectivity index is 1.99. The molecule has 1 aromatic rings. The van der Waals surface area contributed by atoms with E-state index in [4.69, 9.17) is 9.63 Å². The SMILES string of the molecule is CC(C)(C)C1(CCCC(CC(=O)O)c2nc(CNCCO)no2)CCCCC1. The molecular formula is C21H37N3O4. The molecule has 1 aliphatic rings. The Bertz CT molecular complexity index is 603. The van der Waals surface area contributed by atoms with Crippen LogP contribution in [-0.2, 0) is 11.3 Å². The number of hydrogen-bond acceptors (Lipinski definition) is 6. The van der Waals surface area contributed by atoms with Crippen molar-refractivity contribution >= 4 is 5.97 Å². The Morgan fingerprint density at radius 2 is 2.00 bits per heavy atom. The summed E-state index contributed by atoms with van der Waals surface area (Å²) in [7, 11) is 0. The quantitative estimate of drug-likeness (QED) is 0.488. The number of hydrogen-bond donors (Lipinski definition) is 3. The Morgan fingerprint density at radius 1 is 1.29 bits per heavy atom. The van der Waals surface area contributed by atoms with Crippen molar-refractivity contribution in [2.24, 2.45) is 10.8 Å². The standard InChI is InChI=1S/C21H37N3O4/c1-20(2,3)21(9-5-4-6-10-21)11-7-8-16(14-18(26)27)19-23-17(24-28-19)15-22-12-13-25/h16,22,25H,4-15H2,1-3H3,(H,26,27). The van der Waals surface area contributed by atoms with E-state index >= 15 is 0 Å². The highest BCUT2D eigenvalue weighted by Gasteiger charge is 2.41. The number of aliphatic hydroxyl groups excluding tert-OH is 1. The first kappa shape index (κ1) is 22.8. The molecular weight excluding hydrogens is 358 g/mol. The molecule has 1 saturated carbocycles. The van der Waals surface area contributed by atoms with Gasteiger partial charge in [0.05, 0.1) is 19.6 Å². The summed E-state index contributed by atoms with van der Waals surface area (Å²) in [6.07, 6.45) is 9.29. The van der Waals surface area contributed by atoms with E-state index in [9.17, 15) is 9.90 Å². The first-order valence-electron chi connectivity index (χ1n) is 10.6. The molecule has 1 heterocycles. The minimum absolute atomic E-state index is 0.00815. The molecule has 7 nitrogen and oxygen atoms in total. The Labute approximate surface area is 168 Å². The fraction of sp³-hybridized carbons (Fsp3) is 0.857. The van der Waals surface area contributed by atoms with Crippen molar-refractivity contribution < 1.29 is 19.5 Å². The molecule has 7 heteroatoms. The molecule has 0 bridgehead atoms. The molecule has 1 fully saturated rings. The monoisotopic (exact) mass is 395 g/mol. The summed E-state index contributed by atoms with van der Waals surface area (Å²) in [4.78, 5) is 15.7. The second-order valence-corrected chi connectivity index (χ2v) is 9.23. The molecule has 0 aromatic carbocycles. The predicted molar refractivity (Wildman–Crippen MR) is 107 cm³/mol. The average Bonchev–Trinajstić information content (AvgIpc) is 3.09. The summed E-state index contributed by atoms with van der Waals surface area (Å²) in [6.45, 7) is 7.93. The molecule has 160 valence electrons. The maximum absolute atomic E-state index is 11.4. The van der Waals surface area contributed by atoms with E-state index in [1.54, 1.807) is 0 Å². The number of aromatic nitrogens is 2. The predicted octanol–water partition coefficient (Wildman–Crippen LogP) is 3.88. The maximum Gasteiger partial charge on any atom is 0.304 e. The number of carboxylic acids is 1. The fourth-order valence-electron chi connectivity index (χ4n) is 4.60. The van der Waals surface area contributed by atoms with E-state index in [1.807, 2.05) is 0 Å². The van der Waals surface area contributed by atoms with Gasteiger partial charge in [-0.1, -0.05) is 51.6 Å². The first-order valence-corrected chi connectivity index (χ1v) is 10.6. The van der Waals surface area contributed by atoms with Crippen LogP contribution in [0.5, 0.6) is 0 Å². The number of aliphatic hydroxyl groups is 1. The highest BCUT2D eigenvalue weighted by molar-refractivity contribution is 5.67. The number of carboxylic acid groups (broad SMARTS) is 1. The zero-order chi connectivity index (χ0) is 20.6. The van der Waals surface area contributed by atoms with Crippen molar-refractivity contribution in [3.8, 4) is 0 Å². The molecule has 1 unspecified atom stereocenters. The molecule has 28 heavy (non-hydrogen) atoms. The molecule has 1 aromatic heterocycles. The van der Waals surface area contributed by atoms with Gasteiger partial charge in [0.15, 0.2) is 5.82 Å². The van der Waals surface area contributed by atoms with Crippen LogP contribution in [0.4, 0.5) is 0 Å². The van der Waals surface area contributed by atoms with E-state index in [2.05, 4.69) is 36.2 Å². The Morgan fingerprint density at radius 3 is 2.61 bits per heavy atom. The molecule has 0 saturated heterocycles. The minimum atomic E-state index is -0.841. The van der Waals surface area contributed by atoms with Crippen LogP contribution in [0.3, 0.4) is 0 Å². The lowest BCUT2D eigenvalue weighted by Gasteiger charge is -2.48. The molecule has 0 amide bonds. The third-order valence-electron chi connectivity index (χ3n) is 6.44. The van der Waals surface area contributed by atoms with E-state index in [-0.39, 0.29) is 24.4 Å². The highest BCUT2D eigenvalue weighted by Crippen LogP contribution is 2.53. The minimum Gasteiger partial charge on any atom is -0.481 e. The van der Waals surface area contributed by atoms with Gasteiger partial charge >= 0.3 is 5.97 Å². The molecule has 0 spiro atoms. The number of nitrogens with zero attached hydrogens (tertiary/aromatic N) is 2. The topological polar surface area (TPSA) is 108 Å². The van der Waals surface area contributed by atoms with E-state index in [0.717, 1.165) is 19.3 Å². The van der Waals surface area contributed by atoms with E-state index < -0.39 is 5.97 Å². The van der Waals surface area contributed by atoms with E-state index in [0.29, 0.717) is 30.2 Å². The molecule has 0 aliphatic heterocycles. The smallest absolute Gasteiger partial charge is 0.304 e. The molecule has 1 aliphatic carbocycles. The van der Waals surface area contributed by atoms with Crippen LogP contribution >= 0.6 is 0 Å². The van der Waals surface area contributed by atoms with Crippen LogP contribution in [0.25, 0.3) is 0 Å². The van der Waals surface area contributed by atoms with Gasteiger partial charge in [-0.25, -0.2) is 0 Å². The Kier molecular flexibility index (Phi) is 8.43. The van der Waals surface area contributed by atoms with Crippen molar-refractivity contribution in [1.29, 1.82) is 0 Å². The van der Waals surface area contributed by atoms with Gasteiger partial charge in [0.1, 0.15) is 0 Å². The fourth-order valence-corrected chi connectivity index (χ4v) is 4.60. The van der Waals surface area contributed by atoms with E-state index in [1.165, 1.54) is 32.1 Å². The number of nitrogens with one attached hydrogen (secondary N) is 1. The highest BCUT2D eigenvalue weighted by atomic mass is 16.5. The van der Waals surface area contributed by atoms with Crippen molar-refractivity contribution in [2.45, 2.75) is 91.0 Å². The van der Waals surface area contributed by atoms with Crippen molar-refractivity contribution in [3.63, 3.8) is 0 Å². The van der Waals surface area contributed by atoms with Gasteiger partial charge in [0.2, 0.25) is 5.89 Å². The number of aliphatic carboxylic acids is 1. The summed E-state index contributed by atoms with van der Waals surface area (Å²) < 4.78 is 5.37. The summed E-state index contributed by atoms with van der Waals surface area (Å²) in [5, 5.41) is 25.1. The lowest BCUT2D eigenvalue weighted by atomic mass is 9.57. The zero-order valence-corrected chi connectivity index (χ0v) is 17.7. The van der Waals surface area contributed by atoms with Crippen LogP contribution in [0.1, 0.15) is 96.2 Å². The van der Waals surface area contributed by atoms with Crippen molar-refractivity contribution in [1.82, 2.24) is 15.5 Å². The summed E-state index contributed by atoms with van der Waals surface area (Å²) in [5.41, 5.74) is 0.596. The van der Waals surface area contributed by atoms with Gasteiger partial charge in [0, 0.05) is 12.5 Å². The molecule has 2 rings (SSSR count). The average molecular weight is 396 g/mol. The van der Waals surface area contributed by atoms with Gasteiger partial charge in [0.25, 0.3) is 0 Å². The second kappa shape index (κ2) is 10.3. The maximum atomic E-state index is 11.4. The summed E-state index contributed by atoms with van der Waals surface area (Å²) in [6, 6.07) is 0. The van der Waals surface area contributed by atoms with Gasteiger partial charge in [-0.05, 0) is 36.5 Å². The summed E-state index contributed by atoms with van der Waals surface area (Å²) in [5.74, 6) is -0.183. The van der Waals surface area contributed by atoms with Gasteiger partial charge in [-0.2, -0.15) is 4.98 Å². The van der Waals surface area contributed by atoms with Crippen LogP contribution in [0.2, 0.25) is 0 Å². The van der Waals surface area contributed by atoms with Crippen LogP contribution in [0.15, 0.2) is 4.52 Å². The number of carbonyl (C=O) groups is 1. The normalized spacial score (nSPS) is 18.1. The van der Waals surface area contributed by atoms with Crippen molar-refractivity contribution in [3.05, 3.63) is 11.7 Å². The third-order valence-corrected chi connectivity index (χ3v) is 6.44. The molecule has 3 N–H and O–H groups in total. The Hall–Kier alpha value is -1.47. The first-order chi connectivity index (χ1) is 13.3. The van der Waals surface area contributed by atoms with Crippen LogP contribution in [0, 0.1) is 10.8 Å². The zero-order valence-electron chi connectivity index (χ0n) is 17.7. The molecule has 1 atom stereocenters.